The van der Waals surface area contributed by atoms with Crippen molar-refractivity contribution in [1.82, 2.24) is 4.98 Å². The van der Waals surface area contributed by atoms with Crippen molar-refractivity contribution in [2.75, 3.05) is 7.11 Å². The number of carbonyl (C=O) groups is 1. The summed E-state index contributed by atoms with van der Waals surface area (Å²) in [6.07, 6.45) is -3.76. The van der Waals surface area contributed by atoms with E-state index >= 15 is 0 Å². The molecule has 0 fully saturated rings. The summed E-state index contributed by atoms with van der Waals surface area (Å²) >= 11 is 12.1. The van der Waals surface area contributed by atoms with Crippen molar-refractivity contribution in [1.29, 1.82) is 0 Å². The Labute approximate surface area is 210 Å². The number of ether oxygens (including phenoxy) is 2. The second-order valence-corrected chi connectivity index (χ2v) is 8.69. The van der Waals surface area contributed by atoms with Gasteiger partial charge in [-0.2, -0.15) is 13.2 Å². The van der Waals surface area contributed by atoms with Gasteiger partial charge in [-0.15, -0.1) is 0 Å². The van der Waals surface area contributed by atoms with E-state index in [0.29, 0.717) is 5.75 Å². The Kier molecular flexibility index (Phi) is 8.30. The Morgan fingerprint density at radius 2 is 1.71 bits per heavy atom. The zero-order chi connectivity index (χ0) is 25.8. The van der Waals surface area contributed by atoms with Gasteiger partial charge in [0.1, 0.15) is 17.5 Å². The van der Waals surface area contributed by atoms with Gasteiger partial charge in [0, 0.05) is 17.1 Å². The maximum atomic E-state index is 14.1. The van der Waals surface area contributed by atoms with Gasteiger partial charge in [-0.05, 0) is 46.5 Å². The highest BCUT2D eigenvalue weighted by Crippen LogP contribution is 2.50. The van der Waals surface area contributed by atoms with E-state index in [1.54, 1.807) is 24.3 Å². The van der Waals surface area contributed by atoms with Crippen LogP contribution in [-0.2, 0) is 28.2 Å². The van der Waals surface area contributed by atoms with E-state index in [1.807, 2.05) is 0 Å². The summed E-state index contributed by atoms with van der Waals surface area (Å²) < 4.78 is 52.6. The molecule has 3 aromatic rings. The Balaban J connectivity index is 1.78. The van der Waals surface area contributed by atoms with Crippen LogP contribution < -0.4 is 4.74 Å². The molecule has 0 bridgehead atoms. The van der Waals surface area contributed by atoms with Gasteiger partial charge < -0.3 is 14.6 Å². The summed E-state index contributed by atoms with van der Waals surface area (Å²) in [5, 5.41) is 10.7. The van der Waals surface area contributed by atoms with Crippen LogP contribution in [0.5, 0.6) is 5.75 Å². The lowest BCUT2D eigenvalue weighted by atomic mass is 9.78. The van der Waals surface area contributed by atoms with Crippen molar-refractivity contribution < 1.29 is 32.5 Å². The van der Waals surface area contributed by atoms with Crippen molar-refractivity contribution in [3.05, 3.63) is 93.2 Å². The Bertz CT molecular complexity index is 1190. The molecule has 0 unspecified atom stereocenters. The quantitative estimate of drug-likeness (QED) is 0.277. The minimum absolute atomic E-state index is 0.00579. The van der Waals surface area contributed by atoms with E-state index in [0.717, 1.165) is 29.5 Å². The molecule has 3 rings (SSSR count). The number of nitrogens with zero attached hydrogens (tertiary/aromatic N) is 1. The minimum Gasteiger partial charge on any atom is -0.489 e. The molecule has 2 atom stereocenters. The number of esters is 1. The number of carbonyl (C=O) groups excluding carboxylic acids is 1. The molecule has 0 saturated carbocycles. The number of rotatable bonds is 8. The molecule has 1 heterocycles. The highest BCUT2D eigenvalue weighted by Gasteiger charge is 2.59. The maximum Gasteiger partial charge on any atom is 0.422 e. The molecule has 0 aliphatic carbocycles. The number of aliphatic hydroxyl groups is 1. The first-order chi connectivity index (χ1) is 16.5. The van der Waals surface area contributed by atoms with Gasteiger partial charge in [0.2, 0.25) is 0 Å². The first-order valence-electron chi connectivity index (χ1n) is 10.4. The smallest absolute Gasteiger partial charge is 0.422 e. The van der Waals surface area contributed by atoms with Crippen molar-refractivity contribution >= 4 is 29.2 Å². The molecule has 0 spiro atoms. The van der Waals surface area contributed by atoms with Crippen LogP contribution in [0.15, 0.2) is 60.8 Å². The van der Waals surface area contributed by atoms with Gasteiger partial charge >= 0.3 is 12.1 Å². The highest BCUT2D eigenvalue weighted by molar-refractivity contribution is 6.31. The van der Waals surface area contributed by atoms with Gasteiger partial charge in [0.25, 0.3) is 0 Å². The lowest BCUT2D eigenvalue weighted by Gasteiger charge is -2.37. The van der Waals surface area contributed by atoms with E-state index in [-0.39, 0.29) is 34.7 Å². The Morgan fingerprint density at radius 1 is 1.06 bits per heavy atom. The second-order valence-electron chi connectivity index (χ2n) is 7.89. The minimum atomic E-state index is -5.02. The molecule has 1 N–H and O–H groups in total. The Hall–Kier alpha value is -2.81. The number of halogens is 5. The maximum absolute atomic E-state index is 14.1. The van der Waals surface area contributed by atoms with Crippen molar-refractivity contribution in [3.63, 3.8) is 0 Å². The number of benzene rings is 2. The molecule has 0 aliphatic rings. The molecule has 186 valence electrons. The molecule has 0 aliphatic heterocycles. The number of alkyl halides is 3. The first kappa shape index (κ1) is 26.8. The number of methoxy groups -OCH3 is 1. The van der Waals surface area contributed by atoms with Crippen LogP contribution in [0.3, 0.4) is 0 Å². The van der Waals surface area contributed by atoms with E-state index in [4.69, 9.17) is 27.9 Å². The van der Waals surface area contributed by atoms with Gasteiger partial charge in [0.05, 0.1) is 13.5 Å². The van der Waals surface area contributed by atoms with Gasteiger partial charge in [-0.3, -0.25) is 4.79 Å². The normalized spacial score (nSPS) is 14.2. The number of aromatic nitrogens is 1. The second kappa shape index (κ2) is 10.8. The van der Waals surface area contributed by atoms with Gasteiger partial charge in [-0.1, -0.05) is 60.5 Å². The molecule has 10 heteroatoms. The van der Waals surface area contributed by atoms with E-state index in [1.165, 1.54) is 32.2 Å². The molecule has 0 amide bonds. The van der Waals surface area contributed by atoms with Crippen molar-refractivity contribution in [2.45, 2.75) is 37.6 Å². The summed E-state index contributed by atoms with van der Waals surface area (Å²) in [7, 11) is 1.32. The SMILES string of the molecule is COC(=O)Cc1ccc(COc2ccc([C@@H](C)[C@@](O)(c3ccnc(Cl)c3)C(F)(F)F)c(Cl)c2)cc1. The molecule has 0 radical (unpaired) electrons. The van der Waals surface area contributed by atoms with Crippen LogP contribution in [-0.4, -0.2) is 29.3 Å². The molecule has 1 aromatic heterocycles. The lowest BCUT2D eigenvalue weighted by Crippen LogP contribution is -2.46. The van der Waals surface area contributed by atoms with Gasteiger partial charge in [0.15, 0.2) is 5.60 Å². The molecule has 35 heavy (non-hydrogen) atoms. The summed E-state index contributed by atoms with van der Waals surface area (Å²) in [6.45, 7) is 1.41. The fourth-order valence-corrected chi connectivity index (χ4v) is 4.14. The standard InChI is InChI=1S/C25H22Cl2F3NO4/c1-15(24(33,25(28,29)30)18-9-10-31-22(27)12-18)20-8-7-19(13-21(20)26)35-14-17-5-3-16(4-6-17)11-23(32)34-2/h3-10,12-13,15,33H,11,14H2,1-2H3/t15-,24-/m1/s1. The first-order valence-corrected chi connectivity index (χ1v) is 11.2. The fraction of sp³-hybridized carbons (Fsp3) is 0.280. The van der Waals surface area contributed by atoms with Crippen LogP contribution in [0.4, 0.5) is 13.2 Å². The van der Waals surface area contributed by atoms with Crippen LogP contribution in [0, 0.1) is 0 Å². The van der Waals surface area contributed by atoms with Gasteiger partial charge in [-0.25, -0.2) is 4.98 Å². The average molecular weight is 528 g/mol. The van der Waals surface area contributed by atoms with Crippen molar-refractivity contribution in [2.24, 2.45) is 0 Å². The molecule has 0 saturated heterocycles. The predicted molar refractivity (Wildman–Crippen MR) is 126 cm³/mol. The summed E-state index contributed by atoms with van der Waals surface area (Å²) in [5.74, 6) is -1.47. The topological polar surface area (TPSA) is 68.7 Å². The van der Waals surface area contributed by atoms with E-state index in [2.05, 4.69) is 9.72 Å². The van der Waals surface area contributed by atoms with E-state index < -0.39 is 23.3 Å². The lowest BCUT2D eigenvalue weighted by molar-refractivity contribution is -0.274. The van der Waals surface area contributed by atoms with Crippen LogP contribution in [0.25, 0.3) is 0 Å². The monoisotopic (exact) mass is 527 g/mol. The third kappa shape index (κ3) is 6.07. The van der Waals surface area contributed by atoms with E-state index in [9.17, 15) is 23.1 Å². The number of hydrogen-bond acceptors (Lipinski definition) is 5. The zero-order valence-electron chi connectivity index (χ0n) is 18.8. The Morgan fingerprint density at radius 3 is 2.29 bits per heavy atom. The molecule has 2 aromatic carbocycles. The zero-order valence-corrected chi connectivity index (χ0v) is 20.3. The van der Waals surface area contributed by atoms with Crippen LogP contribution in [0.1, 0.15) is 35.1 Å². The number of hydrogen-bond donors (Lipinski definition) is 1. The van der Waals surface area contributed by atoms with Crippen LogP contribution in [0.2, 0.25) is 10.2 Å². The van der Waals surface area contributed by atoms with Crippen LogP contribution >= 0.6 is 23.2 Å². The molecule has 5 nitrogen and oxygen atoms in total. The largest absolute Gasteiger partial charge is 0.489 e. The summed E-state index contributed by atoms with van der Waals surface area (Å²) in [4.78, 5) is 15.0. The fourth-order valence-electron chi connectivity index (χ4n) is 3.63. The third-order valence-corrected chi connectivity index (χ3v) is 6.20. The third-order valence-electron chi connectivity index (χ3n) is 5.67. The summed E-state index contributed by atoms with van der Waals surface area (Å²) in [6, 6.07) is 13.5. The molecular formula is C25H22Cl2F3NO4. The summed E-state index contributed by atoms with van der Waals surface area (Å²) in [5.41, 5.74) is -2.01. The average Bonchev–Trinajstić information content (AvgIpc) is 2.82. The van der Waals surface area contributed by atoms with Crippen molar-refractivity contribution in [3.8, 4) is 5.75 Å². The predicted octanol–water partition coefficient (Wildman–Crippen LogP) is 6.24. The highest BCUT2D eigenvalue weighted by atomic mass is 35.5. The number of pyridine rings is 1. The molecular weight excluding hydrogens is 506 g/mol.